The van der Waals surface area contributed by atoms with Gasteiger partial charge in [-0.15, -0.1) is 0 Å². The summed E-state index contributed by atoms with van der Waals surface area (Å²) in [6.45, 7) is 11.5. The highest BCUT2D eigenvalue weighted by molar-refractivity contribution is 5.96. The van der Waals surface area contributed by atoms with E-state index in [0.29, 0.717) is 12.2 Å². The van der Waals surface area contributed by atoms with E-state index in [1.54, 1.807) is 26.8 Å². The summed E-state index contributed by atoms with van der Waals surface area (Å²) in [4.78, 5) is 26.5. The summed E-state index contributed by atoms with van der Waals surface area (Å²) in [7, 11) is 0. The summed E-state index contributed by atoms with van der Waals surface area (Å²) in [5, 5.41) is 16.5. The molecule has 1 fully saturated rings. The Morgan fingerprint density at radius 2 is 1.96 bits per heavy atom. The van der Waals surface area contributed by atoms with E-state index >= 15 is 0 Å². The van der Waals surface area contributed by atoms with Crippen molar-refractivity contribution < 1.29 is 24.0 Å². The van der Waals surface area contributed by atoms with Crippen LogP contribution in [-0.4, -0.2) is 51.5 Å². The summed E-state index contributed by atoms with van der Waals surface area (Å²) in [5.74, 6) is 0.493. The van der Waals surface area contributed by atoms with E-state index in [4.69, 9.17) is 9.26 Å². The van der Waals surface area contributed by atoms with Crippen molar-refractivity contribution in [2.45, 2.75) is 77.5 Å². The third-order valence-electron chi connectivity index (χ3n) is 4.01. The van der Waals surface area contributed by atoms with E-state index in [1.807, 2.05) is 20.8 Å². The second-order valence-corrected chi connectivity index (χ2v) is 8.68. The molecule has 0 spiro atoms. The number of nitrogens with zero attached hydrogens (tertiary/aromatic N) is 2. The van der Waals surface area contributed by atoms with Crippen LogP contribution < -0.4 is 5.32 Å². The number of hydrogen-bond acceptors (Lipinski definition) is 6. The minimum absolute atomic E-state index is 0.148. The number of carbonyl (C=O) groups is 2. The molecule has 8 heteroatoms. The number of hydrogen-bond donors (Lipinski definition) is 2. The molecule has 0 bridgehead atoms. The first-order valence-corrected chi connectivity index (χ1v) is 8.82. The summed E-state index contributed by atoms with van der Waals surface area (Å²) in [6, 6.07) is 0.831. The smallest absolute Gasteiger partial charge is 0.410 e. The maximum atomic E-state index is 12.7. The van der Waals surface area contributed by atoms with Gasteiger partial charge >= 0.3 is 6.09 Å². The van der Waals surface area contributed by atoms with Gasteiger partial charge in [-0.1, -0.05) is 25.9 Å². The lowest BCUT2D eigenvalue weighted by Crippen LogP contribution is -2.54. The normalized spacial score (nSPS) is 21.4. The molecule has 0 unspecified atom stereocenters. The molecule has 0 aromatic carbocycles. The molecule has 1 saturated heterocycles. The third kappa shape index (κ3) is 5.20. The molecule has 2 amide bonds. The zero-order valence-electron chi connectivity index (χ0n) is 16.3. The van der Waals surface area contributed by atoms with E-state index in [2.05, 4.69) is 10.5 Å². The summed E-state index contributed by atoms with van der Waals surface area (Å²) in [6.07, 6.45) is -0.664. The van der Waals surface area contributed by atoms with E-state index in [9.17, 15) is 14.7 Å². The van der Waals surface area contributed by atoms with Gasteiger partial charge in [0.1, 0.15) is 17.4 Å². The average Bonchev–Trinajstić information content (AvgIpc) is 2.93. The Bertz CT molecular complexity index is 657. The molecule has 1 aliphatic rings. The van der Waals surface area contributed by atoms with Crippen LogP contribution in [0.15, 0.2) is 10.6 Å². The molecule has 2 N–H and O–H groups in total. The molecular weight excluding hydrogens is 338 g/mol. The van der Waals surface area contributed by atoms with Crippen molar-refractivity contribution in [1.82, 2.24) is 10.1 Å². The van der Waals surface area contributed by atoms with Crippen molar-refractivity contribution in [3.05, 3.63) is 11.8 Å². The van der Waals surface area contributed by atoms with Gasteiger partial charge in [-0.25, -0.2) is 4.79 Å². The van der Waals surface area contributed by atoms with Crippen molar-refractivity contribution in [3.8, 4) is 0 Å². The standard InChI is InChI=1S/C18H29N3O5/c1-17(2,3)13-10-14(20-26-13)19-15(23)12-9-11(22)7-8-21(12)16(24)25-18(4,5)6/h10-12,22H,7-9H2,1-6H3,(H,19,20,23)/t11-,12-/m0/s1. The summed E-state index contributed by atoms with van der Waals surface area (Å²) in [5.41, 5.74) is -0.901. The third-order valence-corrected chi connectivity index (χ3v) is 4.01. The second-order valence-electron chi connectivity index (χ2n) is 8.68. The largest absolute Gasteiger partial charge is 0.444 e. The maximum absolute atomic E-state index is 12.7. The monoisotopic (exact) mass is 367 g/mol. The Hall–Kier alpha value is -2.09. The van der Waals surface area contributed by atoms with Crippen LogP contribution in [0, 0.1) is 0 Å². The Kier molecular flexibility index (Phi) is 5.65. The number of rotatable bonds is 2. The van der Waals surface area contributed by atoms with E-state index in [-0.39, 0.29) is 24.2 Å². The highest BCUT2D eigenvalue weighted by Gasteiger charge is 2.38. The van der Waals surface area contributed by atoms with Crippen molar-refractivity contribution in [2.75, 3.05) is 11.9 Å². The molecule has 8 nitrogen and oxygen atoms in total. The Balaban J connectivity index is 2.12. The molecule has 1 aliphatic heterocycles. The van der Waals surface area contributed by atoms with Crippen LogP contribution in [0.3, 0.4) is 0 Å². The summed E-state index contributed by atoms with van der Waals surface area (Å²) < 4.78 is 10.6. The lowest BCUT2D eigenvalue weighted by atomic mass is 9.93. The van der Waals surface area contributed by atoms with Crippen LogP contribution in [-0.2, 0) is 14.9 Å². The van der Waals surface area contributed by atoms with Crippen molar-refractivity contribution in [3.63, 3.8) is 0 Å². The quantitative estimate of drug-likeness (QED) is 0.833. The molecule has 0 saturated carbocycles. The number of ether oxygens (including phenoxy) is 1. The molecule has 1 aromatic heterocycles. The molecule has 0 aliphatic carbocycles. The lowest BCUT2D eigenvalue weighted by molar-refractivity contribution is -0.124. The van der Waals surface area contributed by atoms with Crippen LogP contribution in [0.4, 0.5) is 10.6 Å². The van der Waals surface area contributed by atoms with Gasteiger partial charge in [-0.05, 0) is 27.2 Å². The molecule has 146 valence electrons. The first kappa shape index (κ1) is 20.2. The SMILES string of the molecule is CC(C)(C)OC(=O)N1CC[C@H](O)C[C@H]1C(=O)Nc1cc(C(C)(C)C)on1. The fourth-order valence-electron chi connectivity index (χ4n) is 2.63. The molecule has 1 aromatic rings. The van der Waals surface area contributed by atoms with E-state index < -0.39 is 29.7 Å². The fourth-order valence-corrected chi connectivity index (χ4v) is 2.63. The topological polar surface area (TPSA) is 105 Å². The molecular formula is C18H29N3O5. The maximum Gasteiger partial charge on any atom is 0.410 e. The predicted octanol–water partition coefficient (Wildman–Crippen LogP) is 2.67. The lowest BCUT2D eigenvalue weighted by Gasteiger charge is -2.37. The highest BCUT2D eigenvalue weighted by atomic mass is 16.6. The number of likely N-dealkylation sites (tertiary alicyclic amines) is 1. The van der Waals surface area contributed by atoms with Gasteiger partial charge in [-0.3, -0.25) is 9.69 Å². The molecule has 2 heterocycles. The number of piperidine rings is 1. The van der Waals surface area contributed by atoms with Crippen LogP contribution in [0.5, 0.6) is 0 Å². The summed E-state index contributed by atoms with van der Waals surface area (Å²) >= 11 is 0. The Labute approximate surface area is 153 Å². The Morgan fingerprint density at radius 1 is 1.31 bits per heavy atom. The number of anilines is 1. The second kappa shape index (κ2) is 7.26. The van der Waals surface area contributed by atoms with Gasteiger partial charge in [0.25, 0.3) is 0 Å². The number of nitrogens with one attached hydrogen (secondary N) is 1. The van der Waals surface area contributed by atoms with E-state index in [0.717, 1.165) is 0 Å². The highest BCUT2D eigenvalue weighted by Crippen LogP contribution is 2.26. The Morgan fingerprint density at radius 3 is 2.50 bits per heavy atom. The zero-order valence-corrected chi connectivity index (χ0v) is 16.3. The van der Waals surface area contributed by atoms with E-state index in [1.165, 1.54) is 4.90 Å². The molecule has 2 rings (SSSR count). The van der Waals surface area contributed by atoms with Gasteiger partial charge in [-0.2, -0.15) is 0 Å². The van der Waals surface area contributed by atoms with Crippen LogP contribution in [0.1, 0.15) is 60.1 Å². The van der Waals surface area contributed by atoms with Gasteiger partial charge < -0.3 is 19.7 Å². The molecule has 2 atom stereocenters. The predicted molar refractivity (Wildman–Crippen MR) is 95.8 cm³/mol. The van der Waals surface area contributed by atoms with Gasteiger partial charge in [0, 0.05) is 24.4 Å². The van der Waals surface area contributed by atoms with Crippen LogP contribution in [0.2, 0.25) is 0 Å². The van der Waals surface area contributed by atoms with Crippen molar-refractivity contribution in [2.24, 2.45) is 0 Å². The molecule has 26 heavy (non-hydrogen) atoms. The van der Waals surface area contributed by atoms with Crippen LogP contribution in [0.25, 0.3) is 0 Å². The van der Waals surface area contributed by atoms with Gasteiger partial charge in [0.05, 0.1) is 6.10 Å². The number of amides is 2. The van der Waals surface area contributed by atoms with Gasteiger partial charge in [0.15, 0.2) is 5.82 Å². The minimum atomic E-state index is -0.830. The zero-order chi connectivity index (χ0) is 19.7. The fraction of sp³-hybridized carbons (Fsp3) is 0.722. The first-order valence-electron chi connectivity index (χ1n) is 8.82. The average molecular weight is 367 g/mol. The van der Waals surface area contributed by atoms with Crippen molar-refractivity contribution in [1.29, 1.82) is 0 Å². The van der Waals surface area contributed by atoms with Gasteiger partial charge in [0.2, 0.25) is 5.91 Å². The molecule has 0 radical (unpaired) electrons. The number of carbonyl (C=O) groups excluding carboxylic acids is 2. The number of aliphatic hydroxyl groups excluding tert-OH is 1. The van der Waals surface area contributed by atoms with Crippen LogP contribution >= 0.6 is 0 Å². The number of aliphatic hydroxyl groups is 1. The number of aromatic nitrogens is 1. The first-order chi connectivity index (χ1) is 11.9. The minimum Gasteiger partial charge on any atom is -0.444 e. The van der Waals surface area contributed by atoms with Crippen molar-refractivity contribution >= 4 is 17.8 Å².